The fourth-order valence-electron chi connectivity index (χ4n) is 2.45. The highest BCUT2D eigenvalue weighted by Gasteiger charge is 2.10. The summed E-state index contributed by atoms with van der Waals surface area (Å²) in [5, 5.41) is 9.54. The Labute approximate surface area is 137 Å². The van der Waals surface area contributed by atoms with Gasteiger partial charge in [0.1, 0.15) is 5.75 Å². The van der Waals surface area contributed by atoms with E-state index in [0.29, 0.717) is 17.2 Å². The molecular weight excluding hydrogens is 304 g/mol. The highest BCUT2D eigenvalue weighted by molar-refractivity contribution is 5.96. The van der Waals surface area contributed by atoms with E-state index in [1.165, 1.54) is 6.39 Å². The second kappa shape index (κ2) is 5.96. The van der Waals surface area contributed by atoms with Crippen molar-refractivity contribution in [1.29, 1.82) is 0 Å². The van der Waals surface area contributed by atoms with Gasteiger partial charge in [-0.15, -0.1) is 10.2 Å². The molecule has 0 saturated heterocycles. The van der Waals surface area contributed by atoms with Gasteiger partial charge in [0.05, 0.1) is 5.56 Å². The Morgan fingerprint density at radius 2 is 1.71 bits per heavy atom. The van der Waals surface area contributed by atoms with Crippen LogP contribution < -0.4 is 4.74 Å². The quantitative estimate of drug-likeness (QED) is 0.420. The van der Waals surface area contributed by atoms with Gasteiger partial charge in [-0.3, -0.25) is 0 Å². The zero-order valence-electron chi connectivity index (χ0n) is 12.5. The van der Waals surface area contributed by atoms with E-state index >= 15 is 0 Å². The first-order valence-corrected chi connectivity index (χ1v) is 7.37. The van der Waals surface area contributed by atoms with Gasteiger partial charge in [-0.2, -0.15) is 0 Å². The first kappa shape index (κ1) is 14.1. The van der Waals surface area contributed by atoms with Crippen molar-refractivity contribution in [3.8, 4) is 17.2 Å². The molecule has 0 bridgehead atoms. The number of carbonyl (C=O) groups excluding carboxylic acids is 1. The zero-order valence-corrected chi connectivity index (χ0v) is 12.5. The molecule has 1 aromatic heterocycles. The van der Waals surface area contributed by atoms with Crippen LogP contribution in [-0.2, 0) is 0 Å². The standard InChI is InChI=1S/C19H12N2O3/c22-19(16-6-5-13-3-1-2-4-15(13)11-16)24-17-9-7-14(8-10-17)18-21-20-12-23-18/h1-12H. The number of benzene rings is 3. The molecule has 0 aliphatic carbocycles. The van der Waals surface area contributed by atoms with Gasteiger partial charge in [-0.05, 0) is 47.2 Å². The van der Waals surface area contributed by atoms with Gasteiger partial charge in [-0.1, -0.05) is 30.3 Å². The first-order chi connectivity index (χ1) is 11.8. The van der Waals surface area contributed by atoms with E-state index in [1.54, 1.807) is 30.3 Å². The lowest BCUT2D eigenvalue weighted by molar-refractivity contribution is 0.0735. The Bertz CT molecular complexity index is 993. The van der Waals surface area contributed by atoms with Crippen molar-refractivity contribution in [2.24, 2.45) is 0 Å². The molecule has 0 fully saturated rings. The van der Waals surface area contributed by atoms with E-state index in [4.69, 9.17) is 9.15 Å². The smallest absolute Gasteiger partial charge is 0.343 e. The Balaban J connectivity index is 1.54. The van der Waals surface area contributed by atoms with Crippen LogP contribution in [0, 0.1) is 0 Å². The van der Waals surface area contributed by atoms with E-state index in [2.05, 4.69) is 10.2 Å². The monoisotopic (exact) mass is 316 g/mol. The van der Waals surface area contributed by atoms with E-state index in [1.807, 2.05) is 36.4 Å². The molecular formula is C19H12N2O3. The van der Waals surface area contributed by atoms with Crippen molar-refractivity contribution >= 4 is 16.7 Å². The highest BCUT2D eigenvalue weighted by atomic mass is 16.5. The van der Waals surface area contributed by atoms with E-state index in [-0.39, 0.29) is 0 Å². The van der Waals surface area contributed by atoms with E-state index < -0.39 is 5.97 Å². The van der Waals surface area contributed by atoms with E-state index in [0.717, 1.165) is 16.3 Å². The molecule has 24 heavy (non-hydrogen) atoms. The lowest BCUT2D eigenvalue weighted by Crippen LogP contribution is -2.08. The summed E-state index contributed by atoms with van der Waals surface area (Å²) < 4.78 is 10.5. The topological polar surface area (TPSA) is 65.2 Å². The average molecular weight is 316 g/mol. The average Bonchev–Trinajstić information content (AvgIpc) is 3.16. The van der Waals surface area contributed by atoms with Crippen LogP contribution in [0.4, 0.5) is 0 Å². The molecule has 0 radical (unpaired) electrons. The van der Waals surface area contributed by atoms with Gasteiger partial charge in [0, 0.05) is 5.56 Å². The summed E-state index contributed by atoms with van der Waals surface area (Å²) >= 11 is 0. The number of rotatable bonds is 3. The minimum atomic E-state index is -0.397. The van der Waals surface area contributed by atoms with Crippen molar-refractivity contribution in [1.82, 2.24) is 10.2 Å². The second-order valence-corrected chi connectivity index (χ2v) is 5.22. The van der Waals surface area contributed by atoms with Crippen LogP contribution in [0.5, 0.6) is 5.75 Å². The summed E-state index contributed by atoms with van der Waals surface area (Å²) in [6.45, 7) is 0. The fraction of sp³-hybridized carbons (Fsp3) is 0. The van der Waals surface area contributed by atoms with Crippen molar-refractivity contribution < 1.29 is 13.9 Å². The molecule has 3 aromatic carbocycles. The molecule has 0 unspecified atom stereocenters. The molecule has 116 valence electrons. The predicted octanol–water partition coefficient (Wildman–Crippen LogP) is 4.11. The van der Waals surface area contributed by atoms with Gasteiger partial charge in [-0.25, -0.2) is 4.79 Å². The normalized spacial score (nSPS) is 10.7. The Kier molecular flexibility index (Phi) is 3.51. The second-order valence-electron chi connectivity index (χ2n) is 5.22. The predicted molar refractivity (Wildman–Crippen MR) is 88.6 cm³/mol. The summed E-state index contributed by atoms with van der Waals surface area (Å²) in [4.78, 5) is 12.3. The summed E-state index contributed by atoms with van der Waals surface area (Å²) in [6, 6.07) is 20.3. The third kappa shape index (κ3) is 2.75. The van der Waals surface area contributed by atoms with Gasteiger partial charge in [0.15, 0.2) is 0 Å². The fourth-order valence-corrected chi connectivity index (χ4v) is 2.45. The maximum absolute atomic E-state index is 12.3. The minimum Gasteiger partial charge on any atom is -0.423 e. The van der Waals surface area contributed by atoms with Crippen molar-refractivity contribution in [3.63, 3.8) is 0 Å². The number of esters is 1. The SMILES string of the molecule is O=C(Oc1ccc(-c2nnco2)cc1)c1ccc2ccccc2c1. The minimum absolute atomic E-state index is 0.397. The Hall–Kier alpha value is -3.47. The van der Waals surface area contributed by atoms with E-state index in [9.17, 15) is 4.79 Å². The lowest BCUT2D eigenvalue weighted by Gasteiger charge is -2.06. The number of nitrogens with zero attached hydrogens (tertiary/aromatic N) is 2. The molecule has 0 spiro atoms. The molecule has 0 aliphatic rings. The summed E-state index contributed by atoms with van der Waals surface area (Å²) in [6.07, 6.45) is 1.27. The number of fused-ring (bicyclic) bond motifs is 1. The Morgan fingerprint density at radius 1 is 0.917 bits per heavy atom. The van der Waals surface area contributed by atoms with Crippen LogP contribution in [0.2, 0.25) is 0 Å². The maximum atomic E-state index is 12.3. The number of ether oxygens (including phenoxy) is 1. The molecule has 4 rings (SSSR count). The van der Waals surface area contributed by atoms with Crippen LogP contribution in [0.15, 0.2) is 77.5 Å². The van der Waals surface area contributed by atoms with Crippen LogP contribution in [-0.4, -0.2) is 16.2 Å². The van der Waals surface area contributed by atoms with Crippen LogP contribution in [0.25, 0.3) is 22.2 Å². The summed E-state index contributed by atoms with van der Waals surface area (Å²) in [5.41, 5.74) is 1.27. The van der Waals surface area contributed by atoms with Gasteiger partial charge in [0.25, 0.3) is 0 Å². The largest absolute Gasteiger partial charge is 0.423 e. The number of carbonyl (C=O) groups is 1. The Morgan fingerprint density at radius 3 is 2.46 bits per heavy atom. The molecule has 0 saturated carbocycles. The summed E-state index contributed by atoms with van der Waals surface area (Å²) in [5.74, 6) is 0.477. The number of hydrogen-bond acceptors (Lipinski definition) is 5. The third-order valence-electron chi connectivity index (χ3n) is 3.66. The maximum Gasteiger partial charge on any atom is 0.343 e. The molecule has 0 aliphatic heterocycles. The van der Waals surface area contributed by atoms with Gasteiger partial charge >= 0.3 is 5.97 Å². The summed E-state index contributed by atoms with van der Waals surface area (Å²) in [7, 11) is 0. The molecule has 4 aromatic rings. The number of aromatic nitrogens is 2. The highest BCUT2D eigenvalue weighted by Crippen LogP contribution is 2.22. The van der Waals surface area contributed by atoms with Crippen LogP contribution >= 0.6 is 0 Å². The molecule has 1 heterocycles. The first-order valence-electron chi connectivity index (χ1n) is 7.37. The van der Waals surface area contributed by atoms with Gasteiger partial charge < -0.3 is 9.15 Å². The van der Waals surface area contributed by atoms with Gasteiger partial charge in [0.2, 0.25) is 12.3 Å². The van der Waals surface area contributed by atoms with Crippen LogP contribution in [0.1, 0.15) is 10.4 Å². The number of hydrogen-bond donors (Lipinski definition) is 0. The molecule has 0 atom stereocenters. The third-order valence-corrected chi connectivity index (χ3v) is 3.66. The molecule has 5 nitrogen and oxygen atoms in total. The molecule has 0 N–H and O–H groups in total. The van der Waals surface area contributed by atoms with Crippen molar-refractivity contribution in [2.45, 2.75) is 0 Å². The molecule has 0 amide bonds. The zero-order chi connectivity index (χ0) is 16.4. The van der Waals surface area contributed by atoms with Crippen molar-refractivity contribution in [2.75, 3.05) is 0 Å². The van der Waals surface area contributed by atoms with Crippen molar-refractivity contribution in [3.05, 3.63) is 78.7 Å². The van der Waals surface area contributed by atoms with Crippen LogP contribution in [0.3, 0.4) is 0 Å². The lowest BCUT2D eigenvalue weighted by atomic mass is 10.1. The molecule has 5 heteroatoms.